The Labute approximate surface area is 320 Å². The van der Waals surface area contributed by atoms with Crippen molar-refractivity contribution >= 4 is 59.0 Å². The molecule has 1 aliphatic heterocycles. The maximum Gasteiger partial charge on any atom is 0.322 e. The van der Waals surface area contributed by atoms with Crippen LogP contribution in [0, 0.1) is 0 Å². The molecule has 2 aromatic rings. The third-order valence-corrected chi connectivity index (χ3v) is 9.01. The van der Waals surface area contributed by atoms with Crippen LogP contribution in [0.25, 0.3) is 11.1 Å². The van der Waals surface area contributed by atoms with E-state index < -0.39 is 78.3 Å². The molecule has 5 amide bonds. The van der Waals surface area contributed by atoms with E-state index in [2.05, 4.69) is 31.3 Å². The topological polar surface area (TPSA) is 337 Å². The number of hydrogen-bond acceptors (Lipinski definition) is 10. The first-order chi connectivity index (χ1) is 26.7. The Hall–Kier alpha value is -6.86. The minimum atomic E-state index is -1.29. The number of hydrogen-bond donors (Lipinski definition) is 9. The number of carbonyl (C=O) groups is 8. The summed E-state index contributed by atoms with van der Waals surface area (Å²) in [5.74, 6) is -6.57. The summed E-state index contributed by atoms with van der Waals surface area (Å²) in [6, 6.07) is 7.56. The highest BCUT2D eigenvalue weighted by Gasteiger charge is 2.39. The van der Waals surface area contributed by atoms with Crippen LogP contribution >= 0.6 is 0 Å². The first-order valence-corrected chi connectivity index (χ1v) is 17.8. The molecule has 1 saturated heterocycles. The zero-order valence-electron chi connectivity index (χ0n) is 30.4. The number of likely N-dealkylation sites (tertiary alicyclic amines) is 1. The van der Waals surface area contributed by atoms with E-state index in [1.54, 1.807) is 30.3 Å². The summed E-state index contributed by atoms with van der Waals surface area (Å²) < 4.78 is 0. The molecule has 1 aliphatic carbocycles. The van der Waals surface area contributed by atoms with Gasteiger partial charge < -0.3 is 54.2 Å². The van der Waals surface area contributed by atoms with Crippen LogP contribution < -0.4 is 44.2 Å². The second kappa shape index (κ2) is 19.5. The van der Waals surface area contributed by atoms with Gasteiger partial charge in [-0.25, -0.2) is 0 Å². The number of benzene rings is 2. The number of nitrogens with two attached hydrogens (primary N) is 4. The number of Topliss-reactive ketones (excluding diaryl/α,β-unsaturated/α-hetero) is 2. The summed E-state index contributed by atoms with van der Waals surface area (Å²) in [4.78, 5) is 112. The molecular formula is C36H45N11O9. The molecule has 20 heteroatoms. The van der Waals surface area contributed by atoms with Crippen molar-refractivity contribution in [2.75, 3.05) is 32.7 Å². The number of nitrogens with one attached hydrogen (secondary N) is 4. The molecule has 2 aromatic carbocycles. The SMILES string of the molecule is NC(N)=NCCC[C@H](NC(=O)[C@@H]1CCCN1C(=O)[C@H](CCCN=C(N)N)NC(=O)CNC(=O)c1ccc2c(c1)C(=O)C(=O)c1ccccc1-2)C(=O)NCC(=O)O. The second-order valence-corrected chi connectivity index (χ2v) is 13.0. The Kier molecular flexibility index (Phi) is 14.6. The average Bonchev–Trinajstić information content (AvgIpc) is 3.67. The van der Waals surface area contributed by atoms with E-state index in [0.717, 1.165) is 0 Å². The maximum absolute atomic E-state index is 14.0. The third-order valence-electron chi connectivity index (χ3n) is 9.01. The van der Waals surface area contributed by atoms with Gasteiger partial charge >= 0.3 is 5.97 Å². The molecule has 0 radical (unpaired) electrons. The molecule has 0 unspecified atom stereocenters. The fraction of sp³-hybridized carbons (Fsp3) is 0.389. The van der Waals surface area contributed by atoms with E-state index in [9.17, 15) is 38.4 Å². The van der Waals surface area contributed by atoms with Gasteiger partial charge in [0.1, 0.15) is 24.7 Å². The normalized spacial score (nSPS) is 15.3. The summed E-state index contributed by atoms with van der Waals surface area (Å²) in [5.41, 5.74) is 23.0. The number of ketones is 2. The van der Waals surface area contributed by atoms with Crippen molar-refractivity contribution in [2.24, 2.45) is 32.9 Å². The average molecular weight is 776 g/mol. The van der Waals surface area contributed by atoms with Crippen molar-refractivity contribution in [1.29, 1.82) is 0 Å². The number of carboxylic acids is 1. The van der Waals surface area contributed by atoms with Gasteiger partial charge in [0.25, 0.3) is 5.91 Å². The smallest absolute Gasteiger partial charge is 0.322 e. The van der Waals surface area contributed by atoms with Gasteiger partial charge in [-0.3, -0.25) is 48.3 Å². The first kappa shape index (κ1) is 41.9. The highest BCUT2D eigenvalue weighted by molar-refractivity contribution is 6.53. The molecule has 1 heterocycles. The first-order valence-electron chi connectivity index (χ1n) is 17.8. The molecular weight excluding hydrogens is 730 g/mol. The molecule has 20 nitrogen and oxygen atoms in total. The molecule has 2 aliphatic rings. The number of nitrogens with zero attached hydrogens (tertiary/aromatic N) is 3. The van der Waals surface area contributed by atoms with Crippen LogP contribution in [0.1, 0.15) is 69.6 Å². The van der Waals surface area contributed by atoms with E-state index in [1.807, 2.05) is 0 Å². The summed E-state index contributed by atoms with van der Waals surface area (Å²) in [5, 5.41) is 18.9. The van der Waals surface area contributed by atoms with Crippen LogP contribution in [0.5, 0.6) is 0 Å². The lowest BCUT2D eigenvalue weighted by Crippen LogP contribution is -2.57. The Morgan fingerprint density at radius 3 is 2.02 bits per heavy atom. The molecule has 13 N–H and O–H groups in total. The van der Waals surface area contributed by atoms with E-state index >= 15 is 0 Å². The highest BCUT2D eigenvalue weighted by atomic mass is 16.4. The summed E-state index contributed by atoms with van der Waals surface area (Å²) in [7, 11) is 0. The molecule has 0 bridgehead atoms. The minimum absolute atomic E-state index is 0.0269. The van der Waals surface area contributed by atoms with Gasteiger partial charge in [0.2, 0.25) is 35.2 Å². The Morgan fingerprint density at radius 1 is 0.768 bits per heavy atom. The predicted molar refractivity (Wildman–Crippen MR) is 202 cm³/mol. The minimum Gasteiger partial charge on any atom is -0.480 e. The molecule has 298 valence electrons. The zero-order valence-corrected chi connectivity index (χ0v) is 30.4. The van der Waals surface area contributed by atoms with Crippen molar-refractivity contribution in [2.45, 2.75) is 56.7 Å². The number of carbonyl (C=O) groups excluding carboxylic acids is 7. The number of fused-ring (bicyclic) bond motifs is 3. The van der Waals surface area contributed by atoms with Crippen molar-refractivity contribution < 1.29 is 43.5 Å². The number of aliphatic carboxylic acids is 1. The number of guanidine groups is 2. The maximum atomic E-state index is 14.0. The second-order valence-electron chi connectivity index (χ2n) is 13.0. The van der Waals surface area contributed by atoms with E-state index in [4.69, 9.17) is 28.0 Å². The van der Waals surface area contributed by atoms with Gasteiger partial charge in [-0.1, -0.05) is 30.3 Å². The molecule has 0 aromatic heterocycles. The van der Waals surface area contributed by atoms with E-state index in [1.165, 1.54) is 17.0 Å². The lowest BCUT2D eigenvalue weighted by atomic mass is 9.83. The van der Waals surface area contributed by atoms with Crippen LogP contribution in [0.3, 0.4) is 0 Å². The lowest BCUT2D eigenvalue weighted by Gasteiger charge is -2.30. The van der Waals surface area contributed by atoms with Gasteiger partial charge in [-0.2, -0.15) is 0 Å². The fourth-order valence-corrected chi connectivity index (χ4v) is 6.37. The summed E-state index contributed by atoms with van der Waals surface area (Å²) in [6.07, 6.45) is 1.27. The quantitative estimate of drug-likeness (QED) is 0.0334. The molecule has 0 saturated carbocycles. The number of aliphatic imine (C=N–C) groups is 2. The number of carboxylic acid groups (broad SMARTS) is 1. The third kappa shape index (κ3) is 11.1. The molecule has 0 spiro atoms. The van der Waals surface area contributed by atoms with Crippen LogP contribution in [-0.2, 0) is 24.0 Å². The highest BCUT2D eigenvalue weighted by Crippen LogP contribution is 2.33. The van der Waals surface area contributed by atoms with Crippen molar-refractivity contribution in [1.82, 2.24) is 26.2 Å². The van der Waals surface area contributed by atoms with Gasteiger partial charge in [-0.15, -0.1) is 0 Å². The van der Waals surface area contributed by atoms with Gasteiger partial charge in [0.05, 0.1) is 6.54 Å². The molecule has 1 fully saturated rings. The fourth-order valence-electron chi connectivity index (χ4n) is 6.37. The largest absolute Gasteiger partial charge is 0.480 e. The lowest BCUT2D eigenvalue weighted by molar-refractivity contribution is -0.142. The van der Waals surface area contributed by atoms with Crippen LogP contribution in [0.15, 0.2) is 52.4 Å². The van der Waals surface area contributed by atoms with Gasteiger partial charge in [0.15, 0.2) is 11.9 Å². The Bertz CT molecular complexity index is 1940. The van der Waals surface area contributed by atoms with Crippen LogP contribution in [-0.4, -0.2) is 120 Å². The molecule has 4 rings (SSSR count). The zero-order chi connectivity index (χ0) is 40.9. The summed E-state index contributed by atoms with van der Waals surface area (Å²) >= 11 is 0. The van der Waals surface area contributed by atoms with Crippen molar-refractivity contribution in [3.05, 3.63) is 59.2 Å². The van der Waals surface area contributed by atoms with Crippen LogP contribution in [0.4, 0.5) is 0 Å². The standard InChI is InChI=1S/C36H45N11O9/c37-35(38)41-13-3-8-24(32(54)44-18-28(49)50)46-33(55)26-10-5-15-47(26)34(56)25(9-4-14-42-36(39)40)45-27(48)17-43-31(53)19-11-12-21-20-6-1-2-7-22(20)29(51)30(52)23(21)16-19/h1-2,6-7,11-12,16,24-26H,3-5,8-10,13-15,17-18H2,(H,43,53)(H,44,54)(H,45,48)(H,46,55)(H,49,50)(H4,37,38,41)(H4,39,40,42)/t24-,25-,26-/m0/s1. The van der Waals surface area contributed by atoms with Crippen molar-refractivity contribution in [3.63, 3.8) is 0 Å². The van der Waals surface area contributed by atoms with Gasteiger partial charge in [-0.05, 0) is 61.8 Å². The Balaban J connectivity index is 1.43. The van der Waals surface area contributed by atoms with E-state index in [0.29, 0.717) is 17.5 Å². The number of amides is 5. The number of rotatable bonds is 18. The monoisotopic (exact) mass is 775 g/mol. The molecule has 3 atom stereocenters. The van der Waals surface area contributed by atoms with Crippen molar-refractivity contribution in [3.8, 4) is 11.1 Å². The van der Waals surface area contributed by atoms with E-state index in [-0.39, 0.29) is 80.3 Å². The summed E-state index contributed by atoms with van der Waals surface area (Å²) in [6.45, 7) is -0.838. The molecule has 56 heavy (non-hydrogen) atoms. The van der Waals surface area contributed by atoms with Crippen LogP contribution in [0.2, 0.25) is 0 Å². The Morgan fingerprint density at radius 2 is 1.38 bits per heavy atom. The predicted octanol–water partition coefficient (Wildman–Crippen LogP) is -2.27. The van der Waals surface area contributed by atoms with Gasteiger partial charge in [0, 0.05) is 36.3 Å².